The molecule has 1 aromatic carbocycles. The van der Waals surface area contributed by atoms with Crippen LogP contribution in [0.4, 0.5) is 5.69 Å². The summed E-state index contributed by atoms with van der Waals surface area (Å²) in [6, 6.07) is 7.51. The lowest BCUT2D eigenvalue weighted by molar-refractivity contribution is -0.122. The molecule has 0 aromatic heterocycles. The summed E-state index contributed by atoms with van der Waals surface area (Å²) in [6.45, 7) is 1.92. The van der Waals surface area contributed by atoms with Crippen LogP contribution in [0, 0.1) is 6.92 Å². The molecule has 0 saturated carbocycles. The Labute approximate surface area is 115 Å². The Balaban J connectivity index is 1.95. The number of amides is 2. The van der Waals surface area contributed by atoms with Crippen molar-refractivity contribution >= 4 is 45.8 Å². The summed E-state index contributed by atoms with van der Waals surface area (Å²) in [6.07, 6.45) is 0.130. The van der Waals surface area contributed by atoms with Gasteiger partial charge < -0.3 is 10.6 Å². The van der Waals surface area contributed by atoms with Gasteiger partial charge in [-0.15, -0.1) is 0 Å². The maximum absolute atomic E-state index is 11.8. The number of carbonyl (C=O) groups is 2. The van der Waals surface area contributed by atoms with Crippen LogP contribution in [-0.4, -0.2) is 21.4 Å². The molecule has 94 valence electrons. The fraction of sp³-hybridized carbons (Fsp3) is 0.250. The van der Waals surface area contributed by atoms with Crippen LogP contribution >= 0.6 is 24.0 Å². The molecule has 1 saturated heterocycles. The van der Waals surface area contributed by atoms with Gasteiger partial charge in [-0.25, -0.2) is 0 Å². The molecule has 1 heterocycles. The molecule has 1 aliphatic rings. The molecular formula is C12H12N2O2S2. The Morgan fingerprint density at radius 3 is 2.83 bits per heavy atom. The van der Waals surface area contributed by atoms with Gasteiger partial charge >= 0.3 is 0 Å². The summed E-state index contributed by atoms with van der Waals surface area (Å²) in [4.78, 5) is 23.3. The van der Waals surface area contributed by atoms with Gasteiger partial charge in [0.25, 0.3) is 0 Å². The number of rotatable bonds is 3. The van der Waals surface area contributed by atoms with Crippen molar-refractivity contribution in [3.63, 3.8) is 0 Å². The van der Waals surface area contributed by atoms with Crippen LogP contribution in [0.3, 0.4) is 0 Å². The Bertz CT molecular complexity index is 517. The first-order valence-corrected chi connectivity index (χ1v) is 6.72. The summed E-state index contributed by atoms with van der Waals surface area (Å²) in [5.74, 6) is -0.369. The van der Waals surface area contributed by atoms with Crippen molar-refractivity contribution in [3.8, 4) is 0 Å². The lowest BCUT2D eigenvalue weighted by atomic mass is 10.2. The number of para-hydroxylation sites is 1. The van der Waals surface area contributed by atoms with E-state index in [1.807, 2.05) is 31.2 Å². The lowest BCUT2D eigenvalue weighted by Gasteiger charge is -2.09. The Kier molecular flexibility index (Phi) is 3.98. The average molecular weight is 280 g/mol. The van der Waals surface area contributed by atoms with E-state index in [1.54, 1.807) is 0 Å². The second kappa shape index (κ2) is 5.49. The first-order valence-electron chi connectivity index (χ1n) is 5.43. The zero-order valence-electron chi connectivity index (χ0n) is 9.73. The monoisotopic (exact) mass is 280 g/mol. The van der Waals surface area contributed by atoms with E-state index in [2.05, 4.69) is 10.6 Å². The quantitative estimate of drug-likeness (QED) is 0.830. The normalized spacial score (nSPS) is 18.6. The number of thiocarbonyl (C=S) groups is 1. The fourth-order valence-electron chi connectivity index (χ4n) is 1.61. The van der Waals surface area contributed by atoms with Crippen molar-refractivity contribution in [3.05, 3.63) is 29.8 Å². The second-order valence-corrected chi connectivity index (χ2v) is 5.83. The van der Waals surface area contributed by atoms with Crippen molar-refractivity contribution in [2.45, 2.75) is 18.6 Å². The third kappa shape index (κ3) is 3.08. The molecule has 0 spiro atoms. The maximum atomic E-state index is 11.8. The van der Waals surface area contributed by atoms with Crippen LogP contribution in [0.1, 0.15) is 12.0 Å². The van der Waals surface area contributed by atoms with Gasteiger partial charge in [0.05, 0.1) is 5.25 Å². The second-order valence-electron chi connectivity index (χ2n) is 3.95. The van der Waals surface area contributed by atoms with E-state index in [1.165, 1.54) is 11.8 Å². The highest BCUT2D eigenvalue weighted by Crippen LogP contribution is 2.23. The van der Waals surface area contributed by atoms with E-state index in [0.717, 1.165) is 11.3 Å². The predicted molar refractivity (Wildman–Crippen MR) is 76.5 cm³/mol. The summed E-state index contributed by atoms with van der Waals surface area (Å²) in [5, 5.41) is 4.90. The molecule has 1 fully saturated rings. The molecule has 0 radical (unpaired) electrons. The lowest BCUT2D eigenvalue weighted by Crippen LogP contribution is -2.27. The van der Waals surface area contributed by atoms with Gasteiger partial charge in [-0.3, -0.25) is 9.59 Å². The molecule has 2 amide bonds. The number of nitrogens with one attached hydrogen (secondary N) is 2. The number of carbonyl (C=O) groups excluding carboxylic acids is 2. The minimum atomic E-state index is -0.415. The molecule has 4 nitrogen and oxygen atoms in total. The predicted octanol–water partition coefficient (Wildman–Crippen LogP) is 1.84. The first kappa shape index (κ1) is 13.0. The molecule has 0 unspecified atom stereocenters. The SMILES string of the molecule is Cc1ccccc1NC(=O)C[C@@H]1SC(=S)NC1=O. The molecule has 1 aromatic rings. The average Bonchev–Trinajstić information content (AvgIpc) is 2.61. The number of hydrogen-bond donors (Lipinski definition) is 2. The molecule has 1 atom stereocenters. The van der Waals surface area contributed by atoms with Gasteiger partial charge in [0, 0.05) is 12.1 Å². The van der Waals surface area contributed by atoms with Gasteiger partial charge in [0.1, 0.15) is 4.32 Å². The van der Waals surface area contributed by atoms with Crippen molar-refractivity contribution in [2.24, 2.45) is 0 Å². The third-order valence-electron chi connectivity index (χ3n) is 2.56. The number of thioether (sulfide) groups is 1. The van der Waals surface area contributed by atoms with E-state index in [-0.39, 0.29) is 18.2 Å². The highest BCUT2D eigenvalue weighted by atomic mass is 32.2. The van der Waals surface area contributed by atoms with E-state index >= 15 is 0 Å². The van der Waals surface area contributed by atoms with Crippen molar-refractivity contribution in [1.29, 1.82) is 0 Å². The molecule has 18 heavy (non-hydrogen) atoms. The number of hydrogen-bond acceptors (Lipinski definition) is 4. The van der Waals surface area contributed by atoms with Crippen LogP contribution in [-0.2, 0) is 9.59 Å². The minimum absolute atomic E-state index is 0.130. The summed E-state index contributed by atoms with van der Waals surface area (Å²) in [7, 11) is 0. The van der Waals surface area contributed by atoms with Gasteiger partial charge in [-0.1, -0.05) is 42.2 Å². The van der Waals surface area contributed by atoms with E-state index in [4.69, 9.17) is 12.2 Å². The van der Waals surface area contributed by atoms with Crippen LogP contribution in [0.15, 0.2) is 24.3 Å². The van der Waals surface area contributed by atoms with Crippen molar-refractivity contribution in [1.82, 2.24) is 5.32 Å². The first-order chi connectivity index (χ1) is 8.56. The zero-order chi connectivity index (χ0) is 13.1. The Hall–Kier alpha value is -1.40. The third-order valence-corrected chi connectivity index (χ3v) is 3.93. The summed E-state index contributed by atoms with van der Waals surface area (Å²) < 4.78 is 0.439. The number of aryl methyl sites for hydroxylation is 1. The molecular weight excluding hydrogens is 268 g/mol. The number of anilines is 1. The van der Waals surface area contributed by atoms with Crippen LogP contribution in [0.2, 0.25) is 0 Å². The highest BCUT2D eigenvalue weighted by Gasteiger charge is 2.30. The smallest absolute Gasteiger partial charge is 0.239 e. The van der Waals surface area contributed by atoms with Crippen molar-refractivity contribution < 1.29 is 9.59 Å². The standard InChI is InChI=1S/C12H12N2O2S2/c1-7-4-2-3-5-8(7)13-10(15)6-9-11(16)14-12(17)18-9/h2-5,9H,6H2,1H3,(H,13,15)(H,14,16,17)/t9-/m0/s1. The summed E-state index contributed by atoms with van der Waals surface area (Å²) in [5.41, 5.74) is 1.76. The van der Waals surface area contributed by atoms with Crippen molar-refractivity contribution in [2.75, 3.05) is 5.32 Å². The zero-order valence-corrected chi connectivity index (χ0v) is 11.4. The topological polar surface area (TPSA) is 58.2 Å². The van der Waals surface area contributed by atoms with Gasteiger partial charge in [0.2, 0.25) is 11.8 Å². The summed E-state index contributed by atoms with van der Waals surface area (Å²) >= 11 is 6.10. The van der Waals surface area contributed by atoms with Gasteiger partial charge in [0.15, 0.2) is 0 Å². The molecule has 6 heteroatoms. The molecule has 1 aliphatic heterocycles. The molecule has 0 bridgehead atoms. The molecule has 2 rings (SSSR count). The van der Waals surface area contributed by atoms with Gasteiger partial charge in [-0.05, 0) is 18.6 Å². The fourth-order valence-corrected chi connectivity index (χ4v) is 2.88. The van der Waals surface area contributed by atoms with Crippen LogP contribution in [0.5, 0.6) is 0 Å². The van der Waals surface area contributed by atoms with E-state index in [9.17, 15) is 9.59 Å². The molecule has 2 N–H and O–H groups in total. The highest BCUT2D eigenvalue weighted by molar-refractivity contribution is 8.24. The van der Waals surface area contributed by atoms with E-state index in [0.29, 0.717) is 4.32 Å². The van der Waals surface area contributed by atoms with Crippen LogP contribution < -0.4 is 10.6 Å². The largest absolute Gasteiger partial charge is 0.326 e. The molecule has 0 aliphatic carbocycles. The van der Waals surface area contributed by atoms with E-state index < -0.39 is 5.25 Å². The van der Waals surface area contributed by atoms with Crippen LogP contribution in [0.25, 0.3) is 0 Å². The van der Waals surface area contributed by atoms with Gasteiger partial charge in [-0.2, -0.15) is 0 Å². The minimum Gasteiger partial charge on any atom is -0.326 e. The number of benzene rings is 1. The Morgan fingerprint density at radius 1 is 1.50 bits per heavy atom. The maximum Gasteiger partial charge on any atom is 0.239 e. The Morgan fingerprint density at radius 2 is 2.22 bits per heavy atom.